The number of rotatable bonds is 6. The van der Waals surface area contributed by atoms with E-state index in [0.29, 0.717) is 13.1 Å². The molecule has 2 aromatic carbocycles. The number of benzene rings is 2. The predicted molar refractivity (Wildman–Crippen MR) is 104 cm³/mol. The predicted octanol–water partition coefficient (Wildman–Crippen LogP) is 2.63. The first-order valence-corrected chi connectivity index (χ1v) is 9.08. The Balaban J connectivity index is 1.52. The Morgan fingerprint density at radius 3 is 2.59 bits per heavy atom. The van der Waals surface area contributed by atoms with Crippen molar-refractivity contribution < 1.29 is 9.59 Å². The van der Waals surface area contributed by atoms with E-state index in [-0.39, 0.29) is 25.0 Å². The zero-order chi connectivity index (χ0) is 18.8. The first kappa shape index (κ1) is 17.3. The molecular formula is C21H22N4O2. The molecule has 0 bridgehead atoms. The van der Waals surface area contributed by atoms with Crippen LogP contribution in [0.25, 0.3) is 10.9 Å². The van der Waals surface area contributed by atoms with E-state index < -0.39 is 0 Å². The standard InChI is InChI=1S/C21H22N4O2/c22-9-8-17-11-23-19-7-6-16(10-18(17)19)13-25-20(26)14-24(21(25)27)12-15-4-2-1-3-5-15/h1-7,10-11,23H,8-9,12-14,22H2. The number of aromatic nitrogens is 1. The second-order valence-electron chi connectivity index (χ2n) is 6.84. The molecule has 3 N–H and O–H groups in total. The van der Waals surface area contributed by atoms with Gasteiger partial charge in [-0.2, -0.15) is 0 Å². The van der Waals surface area contributed by atoms with E-state index in [4.69, 9.17) is 5.73 Å². The summed E-state index contributed by atoms with van der Waals surface area (Å²) in [5.74, 6) is -0.160. The molecule has 0 aliphatic carbocycles. The third-order valence-corrected chi connectivity index (χ3v) is 4.93. The van der Waals surface area contributed by atoms with Crippen LogP contribution in [0.5, 0.6) is 0 Å². The average Bonchev–Trinajstić information content (AvgIpc) is 3.19. The van der Waals surface area contributed by atoms with Crippen LogP contribution < -0.4 is 5.73 Å². The molecule has 0 spiro atoms. The van der Waals surface area contributed by atoms with Gasteiger partial charge in [-0.1, -0.05) is 36.4 Å². The molecule has 3 aromatic rings. The molecule has 27 heavy (non-hydrogen) atoms. The molecule has 0 radical (unpaired) electrons. The quantitative estimate of drug-likeness (QED) is 0.661. The Kier molecular flexibility index (Phi) is 4.64. The summed E-state index contributed by atoms with van der Waals surface area (Å²) < 4.78 is 0. The highest BCUT2D eigenvalue weighted by Crippen LogP contribution is 2.23. The van der Waals surface area contributed by atoms with Crippen molar-refractivity contribution in [2.75, 3.05) is 13.1 Å². The summed E-state index contributed by atoms with van der Waals surface area (Å²) in [7, 11) is 0. The Morgan fingerprint density at radius 1 is 1.00 bits per heavy atom. The van der Waals surface area contributed by atoms with Crippen LogP contribution in [0, 0.1) is 0 Å². The lowest BCUT2D eigenvalue weighted by molar-refractivity contribution is -0.125. The fourth-order valence-corrected chi connectivity index (χ4v) is 3.55. The second kappa shape index (κ2) is 7.25. The Hall–Kier alpha value is -3.12. The number of hydrogen-bond acceptors (Lipinski definition) is 3. The van der Waals surface area contributed by atoms with Crippen molar-refractivity contribution >= 4 is 22.8 Å². The molecule has 1 aliphatic heterocycles. The first-order valence-electron chi connectivity index (χ1n) is 9.08. The molecule has 6 heteroatoms. The van der Waals surface area contributed by atoms with E-state index in [2.05, 4.69) is 4.98 Å². The van der Waals surface area contributed by atoms with E-state index in [9.17, 15) is 9.59 Å². The summed E-state index contributed by atoms with van der Waals surface area (Å²) in [4.78, 5) is 31.3. The van der Waals surface area contributed by atoms with Gasteiger partial charge in [0.1, 0.15) is 6.54 Å². The van der Waals surface area contributed by atoms with Gasteiger partial charge in [0.2, 0.25) is 0 Å². The summed E-state index contributed by atoms with van der Waals surface area (Å²) in [5, 5.41) is 1.10. The monoisotopic (exact) mass is 362 g/mol. The molecule has 4 rings (SSSR count). The van der Waals surface area contributed by atoms with Crippen LogP contribution in [-0.4, -0.2) is 39.8 Å². The van der Waals surface area contributed by atoms with Gasteiger partial charge in [-0.05, 0) is 41.8 Å². The lowest BCUT2D eigenvalue weighted by Gasteiger charge is -2.17. The van der Waals surface area contributed by atoms with Crippen molar-refractivity contribution in [2.24, 2.45) is 5.73 Å². The zero-order valence-corrected chi connectivity index (χ0v) is 15.0. The third-order valence-electron chi connectivity index (χ3n) is 4.93. The molecule has 1 saturated heterocycles. The number of nitrogens with one attached hydrogen (secondary N) is 1. The van der Waals surface area contributed by atoms with Gasteiger partial charge in [-0.25, -0.2) is 4.79 Å². The molecule has 0 unspecified atom stereocenters. The topological polar surface area (TPSA) is 82.4 Å². The van der Waals surface area contributed by atoms with Crippen LogP contribution in [0.15, 0.2) is 54.7 Å². The van der Waals surface area contributed by atoms with Gasteiger partial charge in [0, 0.05) is 23.6 Å². The van der Waals surface area contributed by atoms with Gasteiger partial charge >= 0.3 is 6.03 Å². The number of nitrogens with two attached hydrogens (primary N) is 1. The molecular weight excluding hydrogens is 340 g/mol. The van der Waals surface area contributed by atoms with Crippen molar-refractivity contribution in [1.82, 2.24) is 14.8 Å². The number of carbonyl (C=O) groups is 2. The van der Waals surface area contributed by atoms with Crippen LogP contribution in [0.3, 0.4) is 0 Å². The van der Waals surface area contributed by atoms with E-state index in [1.54, 1.807) is 4.90 Å². The van der Waals surface area contributed by atoms with Crippen LogP contribution >= 0.6 is 0 Å². The SMILES string of the molecule is NCCc1c[nH]c2ccc(CN3C(=O)CN(Cc4ccccc4)C3=O)cc12. The van der Waals surface area contributed by atoms with E-state index in [0.717, 1.165) is 34.0 Å². The molecule has 1 fully saturated rings. The average molecular weight is 362 g/mol. The molecule has 1 aliphatic rings. The van der Waals surface area contributed by atoms with Gasteiger partial charge in [-0.15, -0.1) is 0 Å². The van der Waals surface area contributed by atoms with E-state index in [1.165, 1.54) is 4.90 Å². The van der Waals surface area contributed by atoms with Gasteiger partial charge in [0.25, 0.3) is 5.91 Å². The van der Waals surface area contributed by atoms with Gasteiger partial charge in [0.15, 0.2) is 0 Å². The Labute approximate surface area is 157 Å². The number of H-pyrrole nitrogens is 1. The number of urea groups is 1. The fraction of sp³-hybridized carbons (Fsp3) is 0.238. The number of carbonyl (C=O) groups excluding carboxylic acids is 2. The van der Waals surface area contributed by atoms with Crippen LogP contribution in [-0.2, 0) is 24.3 Å². The lowest BCUT2D eigenvalue weighted by Crippen LogP contribution is -2.32. The van der Waals surface area contributed by atoms with E-state index >= 15 is 0 Å². The van der Waals surface area contributed by atoms with Gasteiger partial charge < -0.3 is 15.6 Å². The number of nitrogens with zero attached hydrogens (tertiary/aromatic N) is 2. The summed E-state index contributed by atoms with van der Waals surface area (Å²) in [6.07, 6.45) is 2.75. The largest absolute Gasteiger partial charge is 0.361 e. The van der Waals surface area contributed by atoms with Gasteiger partial charge in [-0.3, -0.25) is 9.69 Å². The number of amides is 3. The molecule has 0 saturated carbocycles. The molecule has 1 aromatic heterocycles. The Bertz CT molecular complexity index is 980. The minimum absolute atomic E-state index is 0.124. The fourth-order valence-electron chi connectivity index (χ4n) is 3.55. The van der Waals surface area contributed by atoms with Crippen molar-refractivity contribution in [3.63, 3.8) is 0 Å². The summed E-state index contributed by atoms with van der Waals surface area (Å²) in [5.41, 5.74) is 9.81. The number of imide groups is 1. The highest BCUT2D eigenvalue weighted by Gasteiger charge is 2.35. The van der Waals surface area contributed by atoms with Crippen molar-refractivity contribution in [3.8, 4) is 0 Å². The highest BCUT2D eigenvalue weighted by molar-refractivity contribution is 6.02. The Morgan fingerprint density at radius 2 is 1.81 bits per heavy atom. The molecule has 3 amide bonds. The number of aromatic amines is 1. The summed E-state index contributed by atoms with van der Waals surface area (Å²) in [6.45, 7) is 1.43. The van der Waals surface area contributed by atoms with Crippen LogP contribution in [0.4, 0.5) is 4.79 Å². The maximum Gasteiger partial charge on any atom is 0.327 e. The van der Waals surface area contributed by atoms with Crippen molar-refractivity contribution in [2.45, 2.75) is 19.5 Å². The van der Waals surface area contributed by atoms with Gasteiger partial charge in [0.05, 0.1) is 6.54 Å². The lowest BCUT2D eigenvalue weighted by atomic mass is 10.1. The molecule has 6 nitrogen and oxygen atoms in total. The first-order chi connectivity index (χ1) is 13.2. The van der Waals surface area contributed by atoms with Crippen LogP contribution in [0.2, 0.25) is 0 Å². The number of hydrogen-bond donors (Lipinski definition) is 2. The van der Waals surface area contributed by atoms with Crippen LogP contribution in [0.1, 0.15) is 16.7 Å². The zero-order valence-electron chi connectivity index (χ0n) is 15.0. The van der Waals surface area contributed by atoms with Crippen molar-refractivity contribution in [1.29, 1.82) is 0 Å². The highest BCUT2D eigenvalue weighted by atomic mass is 16.2. The molecule has 2 heterocycles. The number of fused-ring (bicyclic) bond motifs is 1. The third kappa shape index (κ3) is 3.44. The minimum Gasteiger partial charge on any atom is -0.361 e. The van der Waals surface area contributed by atoms with Crippen molar-refractivity contribution in [3.05, 3.63) is 71.4 Å². The smallest absolute Gasteiger partial charge is 0.327 e. The summed E-state index contributed by atoms with van der Waals surface area (Å²) >= 11 is 0. The molecule has 0 atom stereocenters. The maximum absolute atomic E-state index is 12.7. The van der Waals surface area contributed by atoms with E-state index in [1.807, 2.05) is 54.7 Å². The second-order valence-corrected chi connectivity index (χ2v) is 6.84. The molecule has 138 valence electrons. The summed E-state index contributed by atoms with van der Waals surface area (Å²) in [6, 6.07) is 15.4. The maximum atomic E-state index is 12.7. The minimum atomic E-state index is -0.236. The normalized spacial score (nSPS) is 14.6.